The van der Waals surface area contributed by atoms with Gasteiger partial charge in [0.05, 0.1) is 49.5 Å². The molecule has 23 nitrogen and oxygen atoms in total. The Hall–Kier alpha value is -2.27. The fraction of sp³-hybridized carbons (Fsp3) is 0.940. The standard InChI is InChI=1S/C50H86O23/c1-8-10-16-19-29-20-17-14-12-11-13-15-18-21-32(54)68-43-39(69-45(61)24(3)9-2)35(57)30(22-51)66-49(43)71-40-36(58)31(23-52)67-50(72-42-38(60)34(56)27(6)63-47(42)65-29)44(40)73-48-41(37(59)33(55)28(7)64-48)70-46(62)25(4)26(5)53/h24-31,33-44,47-53,55-60H,8-23H2,1-7H3/t24-,25-,26-,27+,28-,29-,30+,31+,33-,34+,35+,36+,37+,38-,39-,40-,41+,42+,43+,44+,47-,48-,49-,50-/m0/s1. The van der Waals surface area contributed by atoms with Crippen molar-refractivity contribution in [1.82, 2.24) is 0 Å². The van der Waals surface area contributed by atoms with E-state index in [-0.39, 0.29) is 6.42 Å². The second kappa shape index (κ2) is 29.5. The maximum absolute atomic E-state index is 13.8. The van der Waals surface area contributed by atoms with Crippen molar-refractivity contribution in [2.45, 2.75) is 273 Å². The summed E-state index contributed by atoms with van der Waals surface area (Å²) in [6.45, 7) is 9.21. The summed E-state index contributed by atoms with van der Waals surface area (Å²) in [6.07, 6.45) is -26.1. The molecule has 5 rings (SSSR count). The lowest BCUT2D eigenvalue weighted by atomic mass is 9.95. The molecule has 0 aromatic rings. The quantitative estimate of drug-likeness (QED) is 0.0650. The van der Waals surface area contributed by atoms with Crippen molar-refractivity contribution in [3.05, 3.63) is 0 Å². The zero-order valence-corrected chi connectivity index (χ0v) is 43.4. The second-order valence-corrected chi connectivity index (χ2v) is 20.5. The number of rotatable bonds is 14. The molecule has 0 aliphatic carbocycles. The molecule has 0 radical (unpaired) electrons. The molecule has 9 N–H and O–H groups in total. The van der Waals surface area contributed by atoms with Crippen molar-refractivity contribution in [1.29, 1.82) is 0 Å². The molecule has 0 spiro atoms. The summed E-state index contributed by atoms with van der Waals surface area (Å²) in [5.41, 5.74) is 0. The Morgan fingerprint density at radius 2 is 1.18 bits per heavy atom. The number of hydrogen-bond acceptors (Lipinski definition) is 23. The first-order chi connectivity index (χ1) is 34.8. The van der Waals surface area contributed by atoms with Crippen molar-refractivity contribution in [2.75, 3.05) is 13.2 Å². The largest absolute Gasteiger partial charge is 0.455 e. The third-order valence-corrected chi connectivity index (χ3v) is 14.8. The fourth-order valence-electron chi connectivity index (χ4n) is 9.50. The van der Waals surface area contributed by atoms with Gasteiger partial charge in [-0.15, -0.1) is 0 Å². The first-order valence-electron chi connectivity index (χ1n) is 26.6. The molecule has 5 heterocycles. The Morgan fingerprint density at radius 1 is 0.603 bits per heavy atom. The monoisotopic (exact) mass is 1050 g/mol. The van der Waals surface area contributed by atoms with Crippen molar-refractivity contribution < 1.29 is 112 Å². The van der Waals surface area contributed by atoms with E-state index in [4.69, 9.17) is 52.1 Å². The van der Waals surface area contributed by atoms with Gasteiger partial charge in [0, 0.05) is 6.42 Å². The van der Waals surface area contributed by atoms with Crippen LogP contribution in [0.1, 0.15) is 138 Å². The molecule has 5 fully saturated rings. The number of ether oxygens (including phenoxy) is 11. The van der Waals surface area contributed by atoms with Gasteiger partial charge in [0.25, 0.3) is 0 Å². The molecule has 0 unspecified atom stereocenters. The minimum Gasteiger partial charge on any atom is -0.455 e. The Balaban J connectivity index is 1.67. The van der Waals surface area contributed by atoms with Crippen LogP contribution in [0.3, 0.4) is 0 Å². The van der Waals surface area contributed by atoms with Gasteiger partial charge in [0.15, 0.2) is 43.5 Å². The predicted octanol–water partition coefficient (Wildman–Crippen LogP) is 0.520. The van der Waals surface area contributed by atoms with Gasteiger partial charge >= 0.3 is 17.9 Å². The maximum atomic E-state index is 13.8. The van der Waals surface area contributed by atoms with Crippen LogP contribution < -0.4 is 0 Å². The lowest BCUT2D eigenvalue weighted by Crippen LogP contribution is -2.69. The number of carbonyl (C=O) groups excluding carboxylic acids is 3. The van der Waals surface area contributed by atoms with Gasteiger partial charge in [-0.25, -0.2) is 0 Å². The van der Waals surface area contributed by atoms with E-state index in [1.807, 2.05) is 0 Å². The van der Waals surface area contributed by atoms with Crippen LogP contribution in [0, 0.1) is 11.8 Å². The molecule has 73 heavy (non-hydrogen) atoms. The highest BCUT2D eigenvalue weighted by Crippen LogP contribution is 2.38. The van der Waals surface area contributed by atoms with Crippen LogP contribution in [-0.2, 0) is 66.5 Å². The summed E-state index contributed by atoms with van der Waals surface area (Å²) in [4.78, 5) is 40.6. The zero-order chi connectivity index (χ0) is 53.7. The van der Waals surface area contributed by atoms with E-state index in [2.05, 4.69) is 6.92 Å². The predicted molar refractivity (Wildman–Crippen MR) is 251 cm³/mol. The molecule has 0 saturated carbocycles. The molecule has 424 valence electrons. The van der Waals surface area contributed by atoms with Crippen molar-refractivity contribution in [3.8, 4) is 0 Å². The van der Waals surface area contributed by atoms with E-state index in [1.165, 1.54) is 20.8 Å². The normalized spacial score (nSPS) is 42.0. The number of fused-ring (bicyclic) bond motifs is 4. The Labute approximate surface area is 427 Å². The fourth-order valence-corrected chi connectivity index (χ4v) is 9.50. The van der Waals surface area contributed by atoms with Gasteiger partial charge in [-0.2, -0.15) is 0 Å². The van der Waals surface area contributed by atoms with Crippen LogP contribution in [0.4, 0.5) is 0 Å². The molecule has 23 heteroatoms. The molecular weight excluding hydrogens is 969 g/mol. The first kappa shape index (κ1) is 61.6. The highest BCUT2D eigenvalue weighted by atomic mass is 16.8. The number of aliphatic hydroxyl groups is 9. The van der Waals surface area contributed by atoms with Crippen LogP contribution in [-0.4, -0.2) is 212 Å². The Kier molecular flexibility index (Phi) is 24.9. The van der Waals surface area contributed by atoms with Crippen molar-refractivity contribution in [3.63, 3.8) is 0 Å². The molecule has 0 aromatic heterocycles. The van der Waals surface area contributed by atoms with E-state index in [9.17, 15) is 60.3 Å². The lowest BCUT2D eigenvalue weighted by molar-refractivity contribution is -0.409. The molecule has 5 aliphatic heterocycles. The first-order valence-corrected chi connectivity index (χ1v) is 26.6. The summed E-state index contributed by atoms with van der Waals surface area (Å²) < 4.78 is 68.3. The van der Waals surface area contributed by atoms with E-state index in [1.54, 1.807) is 20.8 Å². The zero-order valence-electron chi connectivity index (χ0n) is 43.4. The molecular formula is C50H86O23. The van der Waals surface area contributed by atoms with Crippen LogP contribution in [0.2, 0.25) is 0 Å². The molecule has 5 saturated heterocycles. The lowest BCUT2D eigenvalue weighted by Gasteiger charge is -2.51. The molecule has 0 amide bonds. The van der Waals surface area contributed by atoms with Crippen LogP contribution in [0.15, 0.2) is 0 Å². The number of carbonyl (C=O) groups is 3. The number of aliphatic hydroxyl groups excluding tert-OH is 9. The summed E-state index contributed by atoms with van der Waals surface area (Å²) in [7, 11) is 0. The van der Waals surface area contributed by atoms with Crippen molar-refractivity contribution >= 4 is 17.9 Å². The average Bonchev–Trinajstić information content (AvgIpc) is 3.36. The third-order valence-electron chi connectivity index (χ3n) is 14.8. The van der Waals surface area contributed by atoms with Crippen molar-refractivity contribution in [2.24, 2.45) is 11.8 Å². The van der Waals surface area contributed by atoms with Gasteiger partial charge in [-0.05, 0) is 53.4 Å². The minimum atomic E-state index is -1.97. The highest BCUT2D eigenvalue weighted by molar-refractivity contribution is 5.73. The summed E-state index contributed by atoms with van der Waals surface area (Å²) >= 11 is 0. The molecule has 2 bridgehead atoms. The topological polar surface area (TPSA) is 335 Å². The van der Waals surface area contributed by atoms with Crippen LogP contribution in [0.25, 0.3) is 0 Å². The number of esters is 3. The van der Waals surface area contributed by atoms with E-state index < -0.39 is 178 Å². The second-order valence-electron chi connectivity index (χ2n) is 20.5. The smallest absolute Gasteiger partial charge is 0.311 e. The summed E-state index contributed by atoms with van der Waals surface area (Å²) in [5, 5.41) is 101. The van der Waals surface area contributed by atoms with E-state index in [0.717, 1.165) is 51.4 Å². The number of unbranched alkanes of at least 4 members (excludes halogenated alkanes) is 2. The Bertz CT molecular complexity index is 1660. The SMILES string of the molecule is CCCCC[C@H]1CCCCCCCCCC(=O)O[C@H]2[C@H](O[C@H]3[C@H](O)[C@@H](CO)O[C@@H](O[C@H]4[C@H](O1)O[C@H](C)[C@@H](O)[C@@H]4O)[C@@H]3O[C@@H]1O[C@@H](C)[C@H](O)[C@@H](O)[C@H]1OC(=O)[C@@H](C)[C@H](C)O)O[C@H](CO)[C@@H](O)[C@@H]2OC(=O)[C@@H](C)CC. The molecule has 5 aliphatic rings. The van der Waals surface area contributed by atoms with Crippen LogP contribution in [0.5, 0.6) is 0 Å². The molecule has 24 atom stereocenters. The van der Waals surface area contributed by atoms with Crippen LogP contribution >= 0.6 is 0 Å². The van der Waals surface area contributed by atoms with E-state index >= 15 is 0 Å². The van der Waals surface area contributed by atoms with Gasteiger partial charge < -0.3 is 98.1 Å². The molecule has 0 aromatic carbocycles. The number of hydrogen-bond donors (Lipinski definition) is 9. The summed E-state index contributed by atoms with van der Waals surface area (Å²) in [6, 6.07) is 0. The Morgan fingerprint density at radius 3 is 1.82 bits per heavy atom. The highest BCUT2D eigenvalue weighted by Gasteiger charge is 2.58. The van der Waals surface area contributed by atoms with Gasteiger partial charge in [0.1, 0.15) is 67.1 Å². The van der Waals surface area contributed by atoms with Gasteiger partial charge in [0.2, 0.25) is 0 Å². The van der Waals surface area contributed by atoms with Gasteiger partial charge in [-0.3, -0.25) is 14.4 Å². The minimum absolute atomic E-state index is 0.101. The third kappa shape index (κ3) is 16.2. The van der Waals surface area contributed by atoms with Gasteiger partial charge in [-0.1, -0.05) is 78.6 Å². The maximum Gasteiger partial charge on any atom is 0.311 e. The average molecular weight is 1060 g/mol. The summed E-state index contributed by atoms with van der Waals surface area (Å²) in [5.74, 6) is -4.46. The van der Waals surface area contributed by atoms with E-state index in [0.29, 0.717) is 32.1 Å².